The van der Waals surface area contributed by atoms with Crippen LogP contribution in [0.1, 0.15) is 205 Å². The normalized spacial score (nSPS) is 16.0. The summed E-state index contributed by atoms with van der Waals surface area (Å²) < 4.78 is 4.92. The predicted octanol–water partition coefficient (Wildman–Crippen LogP) is 16.6. The average molecular weight is 848 g/mol. The van der Waals surface area contributed by atoms with Gasteiger partial charge in [-0.15, -0.1) is 0 Å². The summed E-state index contributed by atoms with van der Waals surface area (Å²) in [5, 5.41) is 12.0. The summed E-state index contributed by atoms with van der Waals surface area (Å²) >= 11 is 0. The van der Waals surface area contributed by atoms with Crippen LogP contribution in [0.4, 0.5) is 0 Å². The van der Waals surface area contributed by atoms with Gasteiger partial charge in [0.25, 0.3) is 0 Å². The first-order valence-electron chi connectivity index (χ1n) is 23.7. The van der Waals surface area contributed by atoms with Crippen LogP contribution in [0, 0.1) is 0 Å². The molecule has 0 spiro atoms. The van der Waals surface area contributed by atoms with Crippen LogP contribution >= 0.6 is 0 Å². The fraction of sp³-hybridized carbons (Fsp3) is 0.552. The zero-order valence-corrected chi connectivity index (χ0v) is 41.8. The van der Waals surface area contributed by atoms with Gasteiger partial charge in [0.15, 0.2) is 11.5 Å². The summed E-state index contributed by atoms with van der Waals surface area (Å²) in [6.07, 6.45) is 43.9. The Hall–Kier alpha value is -4.18. The average Bonchev–Trinajstić information content (AvgIpc) is 3.20. The topological polar surface area (TPSA) is 66.4 Å². The number of carbonyl (C=O) groups excluding carboxylic acids is 2. The van der Waals surface area contributed by atoms with E-state index >= 15 is 0 Å². The van der Waals surface area contributed by atoms with Crippen LogP contribution in [0.25, 0.3) is 0 Å². The van der Waals surface area contributed by atoms with E-state index in [9.17, 15) is 14.7 Å². The molecule has 344 valence electrons. The lowest BCUT2D eigenvalue weighted by molar-refractivity contribution is -0.301. The number of hydrogen-bond donors (Lipinski definition) is 0. The van der Waals surface area contributed by atoms with Crippen molar-refractivity contribution in [2.24, 2.45) is 0 Å². The molecule has 0 amide bonds. The molecule has 0 saturated heterocycles. The quantitative estimate of drug-likeness (QED) is 0.0533. The number of rotatable bonds is 30. The minimum absolute atomic E-state index is 0.226. The van der Waals surface area contributed by atoms with Crippen molar-refractivity contribution in [3.63, 3.8) is 0 Å². The number of ketones is 2. The molecule has 1 rings (SSSR count). The van der Waals surface area contributed by atoms with Gasteiger partial charge in [0.2, 0.25) is 5.78 Å². The molecule has 0 N–H and O–H groups in total. The molecule has 1 aliphatic carbocycles. The Balaban J connectivity index is 2.29. The Morgan fingerprint density at radius 3 is 0.887 bits per heavy atom. The third-order valence-electron chi connectivity index (χ3n) is 11.9. The molecule has 0 heterocycles. The Kier molecular flexibility index (Phi) is 29.3. The zero-order valence-electron chi connectivity index (χ0n) is 41.8. The molecule has 4 nitrogen and oxygen atoms in total. The molecule has 0 aromatic heterocycles. The molecule has 0 aliphatic heterocycles. The van der Waals surface area contributed by atoms with Crippen molar-refractivity contribution in [3.8, 4) is 0 Å². The highest BCUT2D eigenvalue weighted by Gasteiger charge is 2.28. The Morgan fingerprint density at radius 1 is 0.403 bits per heavy atom. The van der Waals surface area contributed by atoms with Crippen LogP contribution in [0.3, 0.4) is 0 Å². The van der Waals surface area contributed by atoms with Crippen LogP contribution in [0.2, 0.25) is 0 Å². The molecule has 1 aliphatic rings. The van der Waals surface area contributed by atoms with E-state index in [4.69, 9.17) is 4.74 Å². The number of carbonyl (C=O) groups is 2. The number of methoxy groups -OCH3 is 1. The largest absolute Gasteiger partial charge is 0.867 e. The second-order valence-corrected chi connectivity index (χ2v) is 18.4. The van der Waals surface area contributed by atoms with E-state index in [0.29, 0.717) is 12.0 Å². The molecule has 0 fully saturated rings. The first kappa shape index (κ1) is 55.8. The number of ether oxygens (including phenoxy) is 1. The zero-order chi connectivity index (χ0) is 46.5. The predicted molar refractivity (Wildman–Crippen MR) is 268 cm³/mol. The summed E-state index contributed by atoms with van der Waals surface area (Å²) in [4.78, 5) is 24.8. The molecule has 0 unspecified atom stereocenters. The minimum Gasteiger partial charge on any atom is -0.867 e. The SMILES string of the molecule is COC1=C([O-])C(=O)C(C)=C(C/C=C(\C)CC/C=C(\C)CC/C=C(\C)CC/C=C(\C)CC/C=C(\C)CC/C=C(\C)CC/C=C(\C)CC/C=C(\C)CC/C=C(\C)CCC=C(C)C)C1=O. The monoisotopic (exact) mass is 848 g/mol. The van der Waals surface area contributed by atoms with Crippen LogP contribution in [-0.4, -0.2) is 18.7 Å². The van der Waals surface area contributed by atoms with Crippen LogP contribution in [0.15, 0.2) is 139 Å². The van der Waals surface area contributed by atoms with Crippen LogP contribution in [0.5, 0.6) is 0 Å². The number of Topliss-reactive ketones (excluding diaryl/α,β-unsaturated/α-hetero) is 2. The van der Waals surface area contributed by atoms with Gasteiger partial charge in [0, 0.05) is 11.1 Å². The Bertz CT molecular complexity index is 1830. The van der Waals surface area contributed by atoms with Gasteiger partial charge in [-0.3, -0.25) is 9.59 Å². The molecule has 0 atom stereocenters. The van der Waals surface area contributed by atoms with Gasteiger partial charge in [0.1, 0.15) is 0 Å². The van der Waals surface area contributed by atoms with E-state index in [1.165, 1.54) is 70.1 Å². The van der Waals surface area contributed by atoms with Gasteiger partial charge in [-0.2, -0.15) is 0 Å². The van der Waals surface area contributed by atoms with E-state index < -0.39 is 17.3 Å². The molecular formula is C58H87O4-. The van der Waals surface area contributed by atoms with Crippen molar-refractivity contribution < 1.29 is 19.4 Å². The maximum atomic E-state index is 12.6. The van der Waals surface area contributed by atoms with Crippen molar-refractivity contribution in [1.82, 2.24) is 0 Å². The molecular weight excluding hydrogens is 761 g/mol. The molecule has 0 aromatic carbocycles. The lowest BCUT2D eigenvalue weighted by Gasteiger charge is -2.23. The highest BCUT2D eigenvalue weighted by molar-refractivity contribution is 6.23. The molecule has 0 aromatic rings. The van der Waals surface area contributed by atoms with E-state index in [2.05, 4.69) is 124 Å². The van der Waals surface area contributed by atoms with E-state index in [1.54, 1.807) is 6.92 Å². The van der Waals surface area contributed by atoms with E-state index in [-0.39, 0.29) is 11.3 Å². The Labute approximate surface area is 380 Å². The smallest absolute Gasteiger partial charge is 0.223 e. The van der Waals surface area contributed by atoms with E-state index in [0.717, 1.165) is 108 Å². The number of hydrogen-bond acceptors (Lipinski definition) is 4. The highest BCUT2D eigenvalue weighted by Crippen LogP contribution is 2.26. The first-order valence-corrected chi connectivity index (χ1v) is 23.7. The summed E-state index contributed by atoms with van der Waals surface area (Å²) in [6.45, 7) is 26.1. The summed E-state index contributed by atoms with van der Waals surface area (Å²) in [5.74, 6) is -2.35. The van der Waals surface area contributed by atoms with Crippen molar-refractivity contribution in [3.05, 3.63) is 139 Å². The van der Waals surface area contributed by atoms with Crippen molar-refractivity contribution in [2.75, 3.05) is 7.11 Å². The first-order chi connectivity index (χ1) is 29.4. The molecule has 0 bridgehead atoms. The van der Waals surface area contributed by atoms with Gasteiger partial charge in [-0.25, -0.2) is 0 Å². The summed E-state index contributed by atoms with van der Waals surface area (Å²) in [7, 11) is 1.25. The molecule has 62 heavy (non-hydrogen) atoms. The summed E-state index contributed by atoms with van der Waals surface area (Å²) in [6, 6.07) is 0. The maximum Gasteiger partial charge on any atom is 0.223 e. The molecule has 0 radical (unpaired) electrons. The molecule has 0 saturated carbocycles. The summed E-state index contributed by atoms with van der Waals surface area (Å²) in [5.41, 5.74) is 15.0. The second-order valence-electron chi connectivity index (χ2n) is 18.4. The lowest BCUT2D eigenvalue weighted by atomic mass is 9.90. The minimum atomic E-state index is -0.850. The van der Waals surface area contributed by atoms with Crippen LogP contribution in [-0.2, 0) is 14.3 Å². The van der Waals surface area contributed by atoms with Crippen molar-refractivity contribution >= 4 is 11.6 Å². The fourth-order valence-corrected chi connectivity index (χ4v) is 7.41. The van der Waals surface area contributed by atoms with Gasteiger partial charge in [-0.1, -0.05) is 116 Å². The third kappa shape index (κ3) is 25.7. The number of allylic oxidation sites excluding steroid dienone is 22. The third-order valence-corrected chi connectivity index (χ3v) is 11.9. The maximum absolute atomic E-state index is 12.6. The Morgan fingerprint density at radius 2 is 0.645 bits per heavy atom. The standard InChI is InChI=1S/C58H88O4/c1-43(2)23-14-24-44(3)25-15-26-45(4)27-16-28-46(5)29-17-30-47(6)31-18-32-48(7)33-19-34-49(8)35-20-36-50(9)37-21-38-51(10)39-22-40-52(11)41-42-54-53(12)55(59)57(61)58(62-13)56(54)60/h23,25,27,29,31,33,35,37,39,41,61H,14-22,24,26,28,30,32,34,36,38,40,42H2,1-13H3/p-1/b44-25+,45-27+,46-29+,47-31+,48-33+,49-35+,50-37+,51-39+,52-41+. The molecule has 4 heteroatoms. The van der Waals surface area contributed by atoms with Crippen molar-refractivity contribution in [2.45, 2.75) is 205 Å². The second kappa shape index (κ2) is 32.5. The van der Waals surface area contributed by atoms with Crippen LogP contribution < -0.4 is 5.11 Å². The van der Waals surface area contributed by atoms with Gasteiger partial charge >= 0.3 is 0 Å². The lowest BCUT2D eigenvalue weighted by Crippen LogP contribution is -2.30. The highest BCUT2D eigenvalue weighted by atomic mass is 16.5. The van der Waals surface area contributed by atoms with Gasteiger partial charge in [0.05, 0.1) is 7.11 Å². The fourth-order valence-electron chi connectivity index (χ4n) is 7.41. The van der Waals surface area contributed by atoms with Gasteiger partial charge < -0.3 is 9.84 Å². The van der Waals surface area contributed by atoms with Crippen molar-refractivity contribution in [1.29, 1.82) is 0 Å². The van der Waals surface area contributed by atoms with Gasteiger partial charge in [-0.05, 0) is 211 Å². The van der Waals surface area contributed by atoms with E-state index in [1.807, 2.05) is 13.0 Å².